The van der Waals surface area contributed by atoms with E-state index in [1.807, 2.05) is 18.2 Å². The largest absolute Gasteiger partial charge is 0.397 e. The zero-order valence-electron chi connectivity index (χ0n) is 11.7. The second-order valence-corrected chi connectivity index (χ2v) is 5.26. The molecule has 0 atom stereocenters. The number of aromatic nitrogens is 1. The van der Waals surface area contributed by atoms with E-state index in [9.17, 15) is 4.79 Å². The first-order chi connectivity index (χ1) is 10.2. The summed E-state index contributed by atoms with van der Waals surface area (Å²) in [6.07, 6.45) is 5.70. The van der Waals surface area contributed by atoms with Crippen molar-refractivity contribution in [3.05, 3.63) is 53.9 Å². The van der Waals surface area contributed by atoms with Gasteiger partial charge in [-0.1, -0.05) is 6.07 Å². The zero-order chi connectivity index (χ0) is 14.7. The monoisotopic (exact) mass is 282 g/mol. The summed E-state index contributed by atoms with van der Waals surface area (Å²) in [5.41, 5.74) is 9.08. The van der Waals surface area contributed by atoms with E-state index in [0.717, 1.165) is 24.1 Å². The molecule has 0 radical (unpaired) electrons. The fraction of sp³-hybridized carbons (Fsp3) is 0.250. The molecule has 2 aromatic rings. The Kier molecular flexibility index (Phi) is 3.73. The average Bonchev–Trinajstić information content (AvgIpc) is 3.31. The Balaban J connectivity index is 1.65. The molecule has 3 rings (SSSR count). The average molecular weight is 282 g/mol. The van der Waals surface area contributed by atoms with E-state index < -0.39 is 0 Å². The molecule has 1 aromatic heterocycles. The van der Waals surface area contributed by atoms with Crippen LogP contribution in [0.1, 0.15) is 28.8 Å². The Bertz CT molecular complexity index is 638. The van der Waals surface area contributed by atoms with Crippen LogP contribution in [0.3, 0.4) is 0 Å². The Morgan fingerprint density at radius 2 is 2.19 bits per heavy atom. The third-order valence-electron chi connectivity index (χ3n) is 3.43. The van der Waals surface area contributed by atoms with Gasteiger partial charge in [-0.05, 0) is 42.7 Å². The lowest BCUT2D eigenvalue weighted by Crippen LogP contribution is -2.25. The molecule has 1 aliphatic carbocycles. The number of nitrogens with zero attached hydrogens (tertiary/aromatic N) is 1. The molecule has 1 saturated carbocycles. The summed E-state index contributed by atoms with van der Waals surface area (Å²) in [4.78, 5) is 16.0. The van der Waals surface area contributed by atoms with E-state index in [1.165, 1.54) is 0 Å². The van der Waals surface area contributed by atoms with Gasteiger partial charge in [-0.15, -0.1) is 0 Å². The molecule has 0 spiro atoms. The summed E-state index contributed by atoms with van der Waals surface area (Å²) < 4.78 is 0. The van der Waals surface area contributed by atoms with Crippen molar-refractivity contribution in [2.24, 2.45) is 0 Å². The van der Waals surface area contributed by atoms with Crippen LogP contribution in [-0.4, -0.2) is 16.9 Å². The summed E-state index contributed by atoms with van der Waals surface area (Å²) in [7, 11) is 0. The smallest absolute Gasteiger partial charge is 0.251 e. The van der Waals surface area contributed by atoms with Crippen molar-refractivity contribution in [3.63, 3.8) is 0 Å². The molecule has 1 aromatic carbocycles. The number of hydrogen-bond donors (Lipinski definition) is 3. The van der Waals surface area contributed by atoms with Gasteiger partial charge in [-0.25, -0.2) is 0 Å². The molecule has 0 saturated heterocycles. The predicted octanol–water partition coefficient (Wildman–Crippen LogP) is 2.17. The van der Waals surface area contributed by atoms with Gasteiger partial charge in [0, 0.05) is 30.5 Å². The second-order valence-electron chi connectivity index (χ2n) is 5.26. The van der Waals surface area contributed by atoms with E-state index in [1.54, 1.807) is 24.5 Å². The molecule has 0 bridgehead atoms. The minimum atomic E-state index is -0.0528. The number of amides is 1. The summed E-state index contributed by atoms with van der Waals surface area (Å²) in [6.45, 7) is 0.645. The van der Waals surface area contributed by atoms with Gasteiger partial charge in [-0.2, -0.15) is 0 Å². The van der Waals surface area contributed by atoms with Crippen molar-refractivity contribution in [1.82, 2.24) is 10.3 Å². The van der Waals surface area contributed by atoms with Gasteiger partial charge >= 0.3 is 0 Å². The van der Waals surface area contributed by atoms with E-state index in [4.69, 9.17) is 5.73 Å². The highest BCUT2D eigenvalue weighted by atomic mass is 16.1. The van der Waals surface area contributed by atoms with Crippen LogP contribution >= 0.6 is 0 Å². The molecular formula is C16H18N4O. The van der Waals surface area contributed by atoms with Crippen LogP contribution in [0.4, 0.5) is 11.4 Å². The first kappa shape index (κ1) is 13.4. The standard InChI is InChI=1S/C16H18N4O/c17-14-8-12(16(21)20-13-4-5-13)3-6-15(14)19-10-11-2-1-7-18-9-11/h1-3,6-9,13,19H,4-5,10,17H2,(H,20,21). The number of carbonyl (C=O) groups excluding carboxylic acids is 1. The third kappa shape index (κ3) is 3.51. The number of rotatable bonds is 5. The molecule has 5 nitrogen and oxygen atoms in total. The fourth-order valence-corrected chi connectivity index (χ4v) is 2.06. The van der Waals surface area contributed by atoms with Crippen molar-refractivity contribution in [2.75, 3.05) is 11.1 Å². The molecule has 5 heteroatoms. The normalized spacial score (nSPS) is 13.7. The summed E-state index contributed by atoms with van der Waals surface area (Å²) in [5.74, 6) is -0.0528. The van der Waals surface area contributed by atoms with Crippen LogP contribution in [-0.2, 0) is 6.54 Å². The molecule has 1 fully saturated rings. The van der Waals surface area contributed by atoms with Crippen LogP contribution in [0.5, 0.6) is 0 Å². The maximum absolute atomic E-state index is 11.9. The zero-order valence-corrected chi connectivity index (χ0v) is 11.7. The maximum atomic E-state index is 11.9. The molecule has 1 aliphatic rings. The van der Waals surface area contributed by atoms with Gasteiger partial charge in [0.2, 0.25) is 0 Å². The minimum Gasteiger partial charge on any atom is -0.397 e. The molecule has 1 amide bonds. The Hall–Kier alpha value is -2.56. The van der Waals surface area contributed by atoms with Crippen molar-refractivity contribution in [3.8, 4) is 0 Å². The third-order valence-corrected chi connectivity index (χ3v) is 3.43. The molecule has 1 heterocycles. The topological polar surface area (TPSA) is 80.0 Å². The number of hydrogen-bond acceptors (Lipinski definition) is 4. The van der Waals surface area contributed by atoms with Crippen LogP contribution in [0.15, 0.2) is 42.7 Å². The van der Waals surface area contributed by atoms with Gasteiger partial charge in [0.15, 0.2) is 0 Å². The summed E-state index contributed by atoms with van der Waals surface area (Å²) in [6, 6.07) is 9.58. The highest BCUT2D eigenvalue weighted by Crippen LogP contribution is 2.23. The van der Waals surface area contributed by atoms with Crippen molar-refractivity contribution in [2.45, 2.75) is 25.4 Å². The first-order valence-electron chi connectivity index (χ1n) is 7.05. The maximum Gasteiger partial charge on any atom is 0.251 e. The van der Waals surface area contributed by atoms with Gasteiger partial charge in [-0.3, -0.25) is 9.78 Å². The second kappa shape index (κ2) is 5.83. The molecule has 108 valence electrons. The number of nitrogens with one attached hydrogen (secondary N) is 2. The van der Waals surface area contributed by atoms with E-state index in [2.05, 4.69) is 15.6 Å². The Morgan fingerprint density at radius 1 is 1.33 bits per heavy atom. The number of benzene rings is 1. The van der Waals surface area contributed by atoms with Gasteiger partial charge in [0.25, 0.3) is 5.91 Å². The fourth-order valence-electron chi connectivity index (χ4n) is 2.06. The summed E-state index contributed by atoms with van der Waals surface area (Å²) in [5, 5.41) is 6.20. The lowest BCUT2D eigenvalue weighted by atomic mass is 10.1. The van der Waals surface area contributed by atoms with Gasteiger partial charge < -0.3 is 16.4 Å². The van der Waals surface area contributed by atoms with E-state index in [-0.39, 0.29) is 5.91 Å². The molecule has 21 heavy (non-hydrogen) atoms. The number of nitrogen functional groups attached to an aromatic ring is 1. The van der Waals surface area contributed by atoms with Gasteiger partial charge in [0.1, 0.15) is 0 Å². The van der Waals surface area contributed by atoms with Gasteiger partial charge in [0.05, 0.1) is 11.4 Å². The quantitative estimate of drug-likeness (QED) is 0.734. The number of carbonyl (C=O) groups is 1. The summed E-state index contributed by atoms with van der Waals surface area (Å²) >= 11 is 0. The van der Waals surface area contributed by atoms with E-state index >= 15 is 0 Å². The van der Waals surface area contributed by atoms with Crippen LogP contribution < -0.4 is 16.4 Å². The van der Waals surface area contributed by atoms with Crippen molar-refractivity contribution < 1.29 is 4.79 Å². The highest BCUT2D eigenvalue weighted by molar-refractivity contribution is 5.96. The lowest BCUT2D eigenvalue weighted by molar-refractivity contribution is 0.0951. The van der Waals surface area contributed by atoms with Crippen LogP contribution in [0.25, 0.3) is 0 Å². The molecular weight excluding hydrogens is 264 g/mol. The highest BCUT2D eigenvalue weighted by Gasteiger charge is 2.23. The van der Waals surface area contributed by atoms with Crippen molar-refractivity contribution in [1.29, 1.82) is 0 Å². The lowest BCUT2D eigenvalue weighted by Gasteiger charge is -2.11. The molecule has 4 N–H and O–H groups in total. The number of nitrogens with two attached hydrogens (primary N) is 1. The minimum absolute atomic E-state index is 0.0528. The number of anilines is 2. The first-order valence-corrected chi connectivity index (χ1v) is 7.05. The predicted molar refractivity (Wildman–Crippen MR) is 82.9 cm³/mol. The Morgan fingerprint density at radius 3 is 2.86 bits per heavy atom. The van der Waals surface area contributed by atoms with E-state index in [0.29, 0.717) is 23.8 Å². The van der Waals surface area contributed by atoms with Crippen molar-refractivity contribution >= 4 is 17.3 Å². The number of pyridine rings is 1. The van der Waals surface area contributed by atoms with Crippen LogP contribution in [0.2, 0.25) is 0 Å². The molecule has 0 aliphatic heterocycles. The Labute approximate surface area is 123 Å². The SMILES string of the molecule is Nc1cc(C(=O)NC2CC2)ccc1NCc1cccnc1. The molecule has 0 unspecified atom stereocenters. The van der Waals surface area contributed by atoms with Crippen LogP contribution in [0, 0.1) is 0 Å².